The van der Waals surface area contributed by atoms with Crippen LogP contribution in [0, 0.1) is 0 Å². The SMILES string of the molecule is C.C/C=C\C(=C/CC)CC.CC(C)=O. The first-order chi connectivity index (χ1) is 6.08. The molecule has 0 unspecified atom stereocenters. The Balaban J connectivity index is -0.000000209. The van der Waals surface area contributed by atoms with Crippen LogP contribution in [0.4, 0.5) is 0 Å². The van der Waals surface area contributed by atoms with Crippen molar-refractivity contribution < 1.29 is 4.79 Å². The zero-order valence-electron chi connectivity index (χ0n) is 9.55. The Morgan fingerprint density at radius 1 is 1.21 bits per heavy atom. The van der Waals surface area contributed by atoms with E-state index in [-0.39, 0.29) is 13.2 Å². The van der Waals surface area contributed by atoms with Gasteiger partial charge in [-0.3, -0.25) is 0 Å². The Morgan fingerprint density at radius 2 is 1.64 bits per heavy atom. The third kappa shape index (κ3) is 22.5. The first-order valence-electron chi connectivity index (χ1n) is 4.87. The van der Waals surface area contributed by atoms with Crippen LogP contribution >= 0.6 is 0 Å². The van der Waals surface area contributed by atoms with Gasteiger partial charge in [0, 0.05) is 0 Å². The number of hydrogen-bond acceptors (Lipinski definition) is 1. The molecule has 0 rings (SSSR count). The van der Waals surface area contributed by atoms with Gasteiger partial charge in [0.05, 0.1) is 0 Å². The summed E-state index contributed by atoms with van der Waals surface area (Å²) >= 11 is 0. The van der Waals surface area contributed by atoms with Crippen LogP contribution in [0.1, 0.15) is 54.9 Å². The molecule has 0 atom stereocenters. The van der Waals surface area contributed by atoms with Crippen molar-refractivity contribution in [2.75, 3.05) is 0 Å². The summed E-state index contributed by atoms with van der Waals surface area (Å²) in [5, 5.41) is 0. The van der Waals surface area contributed by atoms with E-state index < -0.39 is 0 Å². The van der Waals surface area contributed by atoms with E-state index in [2.05, 4.69) is 39.0 Å². The molecule has 0 aliphatic heterocycles. The first-order valence-corrected chi connectivity index (χ1v) is 4.87. The molecule has 0 spiro atoms. The Kier molecular flexibility index (Phi) is 19.7. The largest absolute Gasteiger partial charge is 0.300 e. The second-order valence-electron chi connectivity index (χ2n) is 2.95. The van der Waals surface area contributed by atoms with Gasteiger partial charge in [-0.2, -0.15) is 0 Å². The molecule has 0 bridgehead atoms. The van der Waals surface area contributed by atoms with Gasteiger partial charge in [0.1, 0.15) is 5.78 Å². The number of allylic oxidation sites excluding steroid dienone is 4. The van der Waals surface area contributed by atoms with Gasteiger partial charge >= 0.3 is 0 Å². The van der Waals surface area contributed by atoms with Crippen molar-refractivity contribution in [3.8, 4) is 0 Å². The molecular weight excluding hydrogens is 172 g/mol. The molecule has 0 aromatic heterocycles. The Hall–Kier alpha value is -0.850. The molecule has 84 valence electrons. The van der Waals surface area contributed by atoms with Crippen molar-refractivity contribution >= 4 is 5.78 Å². The van der Waals surface area contributed by atoms with Crippen LogP contribution in [0.5, 0.6) is 0 Å². The van der Waals surface area contributed by atoms with Gasteiger partial charge in [-0.15, -0.1) is 0 Å². The number of ketones is 1. The maximum atomic E-state index is 9.44. The Labute approximate surface area is 89.9 Å². The minimum absolute atomic E-state index is 0. The first kappa shape index (κ1) is 18.8. The highest BCUT2D eigenvalue weighted by Gasteiger charge is 1.82. The van der Waals surface area contributed by atoms with E-state index in [9.17, 15) is 4.79 Å². The van der Waals surface area contributed by atoms with Crippen molar-refractivity contribution in [3.05, 3.63) is 23.8 Å². The number of hydrogen-bond donors (Lipinski definition) is 0. The van der Waals surface area contributed by atoms with E-state index in [1.165, 1.54) is 19.4 Å². The zero-order valence-corrected chi connectivity index (χ0v) is 9.55. The van der Waals surface area contributed by atoms with Crippen LogP contribution in [-0.2, 0) is 4.79 Å². The van der Waals surface area contributed by atoms with Crippen molar-refractivity contribution in [1.29, 1.82) is 0 Å². The lowest BCUT2D eigenvalue weighted by Crippen LogP contribution is -1.72. The molecule has 0 aliphatic rings. The highest BCUT2D eigenvalue weighted by Crippen LogP contribution is 2.02. The monoisotopic (exact) mass is 198 g/mol. The van der Waals surface area contributed by atoms with Crippen molar-refractivity contribution in [3.63, 3.8) is 0 Å². The fourth-order valence-electron chi connectivity index (χ4n) is 0.806. The number of Topliss-reactive ketones (excluding diaryl/α,β-unsaturated/α-hetero) is 1. The zero-order chi connectivity index (χ0) is 10.7. The summed E-state index contributed by atoms with van der Waals surface area (Å²) in [6, 6.07) is 0. The molecule has 0 aromatic carbocycles. The lowest BCUT2D eigenvalue weighted by atomic mass is 10.1. The van der Waals surface area contributed by atoms with Crippen LogP contribution in [0.3, 0.4) is 0 Å². The average Bonchev–Trinajstić information content (AvgIpc) is 2.03. The Bertz CT molecular complexity index is 172. The molecule has 0 radical (unpaired) electrons. The van der Waals surface area contributed by atoms with Crippen molar-refractivity contribution in [2.45, 2.75) is 54.9 Å². The lowest BCUT2D eigenvalue weighted by molar-refractivity contribution is -0.114. The molecule has 0 N–H and O–H groups in total. The molecule has 0 fully saturated rings. The number of rotatable bonds is 3. The summed E-state index contributed by atoms with van der Waals surface area (Å²) in [4.78, 5) is 9.44. The maximum Gasteiger partial charge on any atom is 0.126 e. The molecule has 0 saturated heterocycles. The van der Waals surface area contributed by atoms with E-state index in [4.69, 9.17) is 0 Å². The Morgan fingerprint density at radius 3 is 1.86 bits per heavy atom. The summed E-state index contributed by atoms with van der Waals surface area (Å²) in [7, 11) is 0. The molecular formula is C13H26O. The molecule has 14 heavy (non-hydrogen) atoms. The van der Waals surface area contributed by atoms with E-state index in [0.717, 1.165) is 12.8 Å². The van der Waals surface area contributed by atoms with E-state index >= 15 is 0 Å². The standard InChI is InChI=1S/C9H16.C3H6O.CH4/c1-4-7-9(6-3)8-5-2;1-3(2)4;/h4,7-8H,5-6H2,1-3H3;1-2H3;1H4/b7-4-,9-8-;;. The summed E-state index contributed by atoms with van der Waals surface area (Å²) in [6.07, 6.45) is 8.82. The minimum atomic E-state index is 0. The normalized spacial score (nSPS) is 10.2. The fraction of sp³-hybridized carbons (Fsp3) is 0.615. The second-order valence-corrected chi connectivity index (χ2v) is 2.95. The summed E-state index contributed by atoms with van der Waals surface area (Å²) in [6.45, 7) is 9.46. The van der Waals surface area contributed by atoms with E-state index in [0.29, 0.717) is 0 Å². The molecule has 0 aromatic rings. The lowest BCUT2D eigenvalue weighted by Gasteiger charge is -1.92. The van der Waals surface area contributed by atoms with Gasteiger partial charge < -0.3 is 4.79 Å². The quantitative estimate of drug-likeness (QED) is 0.608. The van der Waals surface area contributed by atoms with Crippen molar-refractivity contribution in [1.82, 2.24) is 0 Å². The van der Waals surface area contributed by atoms with Crippen molar-refractivity contribution in [2.24, 2.45) is 0 Å². The van der Waals surface area contributed by atoms with E-state index in [1.54, 1.807) is 0 Å². The second kappa shape index (κ2) is 14.7. The molecule has 0 saturated carbocycles. The average molecular weight is 198 g/mol. The molecule has 1 nitrogen and oxygen atoms in total. The predicted molar refractivity (Wildman–Crippen MR) is 66.6 cm³/mol. The molecule has 1 heteroatoms. The van der Waals surface area contributed by atoms with E-state index in [1.807, 2.05) is 0 Å². The minimum Gasteiger partial charge on any atom is -0.300 e. The van der Waals surface area contributed by atoms with Gasteiger partial charge in [0.2, 0.25) is 0 Å². The molecule has 0 aliphatic carbocycles. The van der Waals surface area contributed by atoms with Crippen LogP contribution in [0.15, 0.2) is 23.8 Å². The fourth-order valence-corrected chi connectivity index (χ4v) is 0.806. The number of carbonyl (C=O) groups is 1. The van der Waals surface area contributed by atoms with Gasteiger partial charge in [0.15, 0.2) is 0 Å². The smallest absolute Gasteiger partial charge is 0.126 e. The third-order valence-electron chi connectivity index (χ3n) is 1.26. The highest BCUT2D eigenvalue weighted by atomic mass is 16.1. The van der Waals surface area contributed by atoms with Crippen LogP contribution in [0.2, 0.25) is 0 Å². The van der Waals surface area contributed by atoms with Crippen LogP contribution in [-0.4, -0.2) is 5.78 Å². The number of carbonyl (C=O) groups excluding carboxylic acids is 1. The summed E-state index contributed by atoms with van der Waals surface area (Å²) < 4.78 is 0. The summed E-state index contributed by atoms with van der Waals surface area (Å²) in [5.74, 6) is 0.167. The highest BCUT2D eigenvalue weighted by molar-refractivity contribution is 5.72. The molecule has 0 amide bonds. The van der Waals surface area contributed by atoms with Gasteiger partial charge in [-0.25, -0.2) is 0 Å². The predicted octanol–water partition coefficient (Wildman–Crippen LogP) is 4.54. The third-order valence-corrected chi connectivity index (χ3v) is 1.26. The maximum absolute atomic E-state index is 9.44. The van der Waals surface area contributed by atoms with Crippen LogP contribution in [0.25, 0.3) is 0 Å². The van der Waals surface area contributed by atoms with Crippen LogP contribution < -0.4 is 0 Å². The molecule has 0 heterocycles. The summed E-state index contributed by atoms with van der Waals surface area (Å²) in [5.41, 5.74) is 1.44. The van der Waals surface area contributed by atoms with Gasteiger partial charge in [-0.05, 0) is 33.6 Å². The van der Waals surface area contributed by atoms with Gasteiger partial charge in [-0.1, -0.05) is 45.1 Å². The van der Waals surface area contributed by atoms with Gasteiger partial charge in [0.25, 0.3) is 0 Å². The topological polar surface area (TPSA) is 17.1 Å².